The fourth-order valence-corrected chi connectivity index (χ4v) is 3.98. The number of nitrogens with one attached hydrogen (secondary N) is 1. The molecule has 1 N–H and O–H groups in total. The Kier molecular flexibility index (Phi) is 8.44. The van der Waals surface area contributed by atoms with Gasteiger partial charge in [-0.2, -0.15) is 5.10 Å². The highest BCUT2D eigenvalue weighted by Gasteiger charge is 2.09. The summed E-state index contributed by atoms with van der Waals surface area (Å²) in [4.78, 5) is 18.1. The van der Waals surface area contributed by atoms with Crippen LogP contribution < -0.4 is 0 Å². The molecule has 0 radical (unpaired) electrons. The highest BCUT2D eigenvalue weighted by molar-refractivity contribution is 7.99. The fourth-order valence-electron chi connectivity index (χ4n) is 3.07. The number of halogens is 1. The zero-order valence-corrected chi connectivity index (χ0v) is 18.0. The highest BCUT2D eigenvalue weighted by atomic mass is 32.2. The van der Waals surface area contributed by atoms with Crippen molar-refractivity contribution in [1.82, 2.24) is 20.1 Å². The predicted octanol–water partition coefficient (Wildman–Crippen LogP) is 4.72. The van der Waals surface area contributed by atoms with Crippen LogP contribution in [0.15, 0.2) is 54.9 Å². The van der Waals surface area contributed by atoms with E-state index in [0.29, 0.717) is 5.75 Å². The molecule has 0 aliphatic rings. The Balaban J connectivity index is 1.29. The number of aryl methyl sites for hydroxylation is 1. The van der Waals surface area contributed by atoms with E-state index in [-0.39, 0.29) is 11.7 Å². The van der Waals surface area contributed by atoms with Crippen molar-refractivity contribution in [3.05, 3.63) is 71.9 Å². The molecule has 0 unspecified atom stereocenters. The molecule has 2 aromatic heterocycles. The summed E-state index contributed by atoms with van der Waals surface area (Å²) in [6.45, 7) is 0.774. The molecule has 3 rings (SSSR count). The number of aromatic nitrogens is 3. The van der Waals surface area contributed by atoms with Crippen molar-refractivity contribution >= 4 is 17.7 Å². The molecule has 0 bridgehead atoms. The number of amides is 1. The van der Waals surface area contributed by atoms with Crippen molar-refractivity contribution in [1.29, 1.82) is 0 Å². The Morgan fingerprint density at radius 1 is 1.17 bits per heavy atom. The summed E-state index contributed by atoms with van der Waals surface area (Å²) in [5, 5.41) is 7.37. The smallest absolute Gasteiger partial charge is 0.232 e. The second-order valence-corrected chi connectivity index (χ2v) is 8.25. The molecule has 30 heavy (non-hydrogen) atoms. The van der Waals surface area contributed by atoms with Crippen LogP contribution in [-0.4, -0.2) is 45.3 Å². The van der Waals surface area contributed by atoms with E-state index < -0.39 is 0 Å². The van der Waals surface area contributed by atoms with Gasteiger partial charge in [0.2, 0.25) is 5.91 Å². The summed E-state index contributed by atoms with van der Waals surface area (Å²) >= 11 is 1.62. The van der Waals surface area contributed by atoms with E-state index in [9.17, 15) is 9.18 Å². The minimum atomic E-state index is -0.245. The maximum absolute atomic E-state index is 13.0. The molecule has 158 valence electrons. The number of unbranched alkanes of at least 4 members (excludes halogenated alkanes) is 2. The molecule has 1 amide bonds. The van der Waals surface area contributed by atoms with Gasteiger partial charge in [-0.25, -0.2) is 4.39 Å². The molecule has 1 aromatic carbocycles. The van der Waals surface area contributed by atoms with Crippen LogP contribution in [0, 0.1) is 5.82 Å². The first-order valence-corrected chi connectivity index (χ1v) is 11.3. The van der Waals surface area contributed by atoms with E-state index in [1.807, 2.05) is 36.3 Å². The average molecular weight is 427 g/mol. The Labute approximate surface area is 181 Å². The number of aromatic amines is 1. The molecule has 0 atom stereocenters. The molecular weight excluding hydrogens is 399 g/mol. The molecular formula is C23H27FN4OS. The highest BCUT2D eigenvalue weighted by Crippen LogP contribution is 2.19. The summed E-state index contributed by atoms with van der Waals surface area (Å²) in [6.07, 6.45) is 7.56. The summed E-state index contributed by atoms with van der Waals surface area (Å²) in [6, 6.07) is 12.3. The molecule has 0 fully saturated rings. The Hall–Kier alpha value is -2.67. The summed E-state index contributed by atoms with van der Waals surface area (Å²) < 4.78 is 13.0. The monoisotopic (exact) mass is 426 g/mol. The van der Waals surface area contributed by atoms with Gasteiger partial charge in [0.25, 0.3) is 0 Å². The van der Waals surface area contributed by atoms with E-state index >= 15 is 0 Å². The van der Waals surface area contributed by atoms with E-state index in [0.717, 1.165) is 60.5 Å². The number of hydrogen-bond donors (Lipinski definition) is 1. The number of nitrogens with zero attached hydrogens (tertiary/aromatic N) is 3. The predicted molar refractivity (Wildman–Crippen MR) is 120 cm³/mol. The number of hydrogen-bond acceptors (Lipinski definition) is 4. The number of H-pyrrole nitrogens is 1. The van der Waals surface area contributed by atoms with Crippen molar-refractivity contribution in [2.24, 2.45) is 0 Å². The molecule has 0 aliphatic carbocycles. The second-order valence-electron chi connectivity index (χ2n) is 7.27. The molecule has 7 heteroatoms. The van der Waals surface area contributed by atoms with Crippen molar-refractivity contribution in [3.8, 4) is 11.3 Å². The van der Waals surface area contributed by atoms with Crippen molar-refractivity contribution < 1.29 is 9.18 Å². The number of carbonyl (C=O) groups is 1. The first kappa shape index (κ1) is 22.0. The summed E-state index contributed by atoms with van der Waals surface area (Å²) in [7, 11) is 1.87. The maximum Gasteiger partial charge on any atom is 0.232 e. The van der Waals surface area contributed by atoms with Gasteiger partial charge in [-0.15, -0.1) is 11.8 Å². The van der Waals surface area contributed by atoms with Crippen LogP contribution in [0.25, 0.3) is 11.3 Å². The average Bonchev–Trinajstić information content (AvgIpc) is 3.23. The lowest BCUT2D eigenvalue weighted by molar-refractivity contribution is -0.127. The lowest BCUT2D eigenvalue weighted by atomic mass is 10.1. The van der Waals surface area contributed by atoms with Gasteiger partial charge < -0.3 is 4.90 Å². The maximum atomic E-state index is 13.0. The molecule has 0 saturated heterocycles. The number of pyridine rings is 1. The van der Waals surface area contributed by atoms with Crippen molar-refractivity contribution in [2.45, 2.75) is 31.4 Å². The quantitative estimate of drug-likeness (QED) is 0.451. The number of thioether (sulfide) groups is 1. The van der Waals surface area contributed by atoms with Crippen LogP contribution in [0.2, 0.25) is 0 Å². The van der Waals surface area contributed by atoms with Crippen molar-refractivity contribution in [3.63, 3.8) is 0 Å². The van der Waals surface area contributed by atoms with Crippen LogP contribution >= 0.6 is 11.8 Å². The van der Waals surface area contributed by atoms with Gasteiger partial charge >= 0.3 is 0 Å². The lowest BCUT2D eigenvalue weighted by Gasteiger charge is -2.16. The molecule has 0 spiro atoms. The first-order chi connectivity index (χ1) is 14.6. The van der Waals surface area contributed by atoms with Gasteiger partial charge in [-0.3, -0.25) is 14.9 Å². The number of carbonyl (C=O) groups excluding carboxylic acids is 1. The normalized spacial score (nSPS) is 10.9. The zero-order valence-electron chi connectivity index (χ0n) is 17.2. The van der Waals surface area contributed by atoms with Crippen LogP contribution in [0.1, 0.15) is 30.5 Å². The van der Waals surface area contributed by atoms with E-state index in [1.54, 1.807) is 30.1 Å². The number of benzene rings is 1. The van der Waals surface area contributed by atoms with Gasteiger partial charge in [0.05, 0.1) is 11.4 Å². The number of rotatable bonds is 11. The topological polar surface area (TPSA) is 61.9 Å². The van der Waals surface area contributed by atoms with Crippen LogP contribution in [0.3, 0.4) is 0 Å². The second kappa shape index (κ2) is 11.5. The van der Waals surface area contributed by atoms with Gasteiger partial charge in [0.15, 0.2) is 0 Å². The van der Waals surface area contributed by atoms with Crippen LogP contribution in [0.4, 0.5) is 4.39 Å². The third kappa shape index (κ3) is 6.99. The minimum absolute atomic E-state index is 0.168. The Morgan fingerprint density at radius 3 is 2.77 bits per heavy atom. The zero-order chi connectivity index (χ0) is 21.2. The standard InChI is InChI=1S/C23H27FN4OS/c1-28(23(29)17-30-16-18-6-5-12-25-15-18)13-4-2-3-7-21-14-22(27-26-21)19-8-10-20(24)11-9-19/h5-6,8-12,14-15H,2-4,7,13,16-17H2,1H3,(H,26,27). The van der Waals surface area contributed by atoms with Gasteiger partial charge in [0.1, 0.15) is 5.82 Å². The molecule has 2 heterocycles. The molecule has 0 aliphatic heterocycles. The Bertz CT molecular complexity index is 914. The van der Waals surface area contributed by atoms with Crippen LogP contribution in [0.5, 0.6) is 0 Å². The SMILES string of the molecule is CN(CCCCCc1cc(-c2ccc(F)cc2)n[nH]1)C(=O)CSCc1cccnc1. The van der Waals surface area contributed by atoms with E-state index in [1.165, 1.54) is 12.1 Å². The molecule has 3 aromatic rings. The third-order valence-electron chi connectivity index (χ3n) is 4.85. The van der Waals surface area contributed by atoms with E-state index in [4.69, 9.17) is 0 Å². The largest absolute Gasteiger partial charge is 0.345 e. The lowest BCUT2D eigenvalue weighted by Crippen LogP contribution is -2.29. The van der Waals surface area contributed by atoms with Gasteiger partial charge in [0, 0.05) is 43.0 Å². The summed E-state index contributed by atoms with van der Waals surface area (Å²) in [5.41, 5.74) is 3.95. The summed E-state index contributed by atoms with van der Waals surface area (Å²) in [5.74, 6) is 1.22. The van der Waals surface area contributed by atoms with Crippen LogP contribution in [-0.2, 0) is 17.0 Å². The first-order valence-electron chi connectivity index (χ1n) is 10.1. The molecule has 0 saturated carbocycles. The third-order valence-corrected chi connectivity index (χ3v) is 5.84. The van der Waals surface area contributed by atoms with Gasteiger partial charge in [-0.1, -0.05) is 12.5 Å². The van der Waals surface area contributed by atoms with E-state index in [2.05, 4.69) is 15.2 Å². The minimum Gasteiger partial charge on any atom is -0.345 e. The Morgan fingerprint density at radius 2 is 2.00 bits per heavy atom. The van der Waals surface area contributed by atoms with Gasteiger partial charge in [-0.05, 0) is 61.2 Å². The van der Waals surface area contributed by atoms with Crippen molar-refractivity contribution in [2.75, 3.05) is 19.3 Å². The molecule has 5 nitrogen and oxygen atoms in total. The fraction of sp³-hybridized carbons (Fsp3) is 0.348.